The lowest BCUT2D eigenvalue weighted by Crippen LogP contribution is -2.20. The summed E-state index contributed by atoms with van der Waals surface area (Å²) in [6, 6.07) is 2.24. The van der Waals surface area contributed by atoms with Gasteiger partial charge in [-0.25, -0.2) is 13.8 Å². The molecule has 0 fully saturated rings. The van der Waals surface area contributed by atoms with E-state index in [9.17, 15) is 8.78 Å². The molecule has 18 heavy (non-hydrogen) atoms. The highest BCUT2D eigenvalue weighted by atomic mass is 32.1. The largest absolute Gasteiger partial charge is 0.308 e. The molecule has 1 aromatic carbocycles. The summed E-state index contributed by atoms with van der Waals surface area (Å²) in [6.07, 6.45) is 1.66. The second-order valence-corrected chi connectivity index (χ2v) is 5.36. The van der Waals surface area contributed by atoms with Crippen LogP contribution in [0.25, 0.3) is 0 Å². The van der Waals surface area contributed by atoms with Crippen LogP contribution in [-0.2, 0) is 0 Å². The summed E-state index contributed by atoms with van der Waals surface area (Å²) in [5, 5.41) is 3.82. The molecule has 5 heteroatoms. The summed E-state index contributed by atoms with van der Waals surface area (Å²) in [5.74, 6) is -1.04. The van der Waals surface area contributed by atoms with E-state index in [1.54, 1.807) is 20.2 Å². The van der Waals surface area contributed by atoms with Crippen molar-refractivity contribution in [3.05, 3.63) is 51.0 Å². The van der Waals surface area contributed by atoms with Crippen LogP contribution < -0.4 is 5.32 Å². The smallest absolute Gasteiger partial charge is 0.134 e. The Morgan fingerprint density at radius 2 is 2.00 bits per heavy atom. The van der Waals surface area contributed by atoms with Crippen LogP contribution in [0.2, 0.25) is 0 Å². The van der Waals surface area contributed by atoms with E-state index in [1.165, 1.54) is 23.5 Å². The number of aryl methyl sites for hydroxylation is 2. The van der Waals surface area contributed by atoms with Crippen LogP contribution in [0.5, 0.6) is 0 Å². The number of aromatic nitrogens is 1. The van der Waals surface area contributed by atoms with Gasteiger partial charge in [0.2, 0.25) is 0 Å². The van der Waals surface area contributed by atoms with Crippen molar-refractivity contribution in [2.45, 2.75) is 19.9 Å². The summed E-state index contributed by atoms with van der Waals surface area (Å²) < 4.78 is 28.0. The van der Waals surface area contributed by atoms with Crippen molar-refractivity contribution in [1.82, 2.24) is 10.3 Å². The predicted molar refractivity (Wildman–Crippen MR) is 68.8 cm³/mol. The Labute approximate surface area is 109 Å². The van der Waals surface area contributed by atoms with Gasteiger partial charge in [-0.3, -0.25) is 0 Å². The van der Waals surface area contributed by atoms with Crippen molar-refractivity contribution in [3.8, 4) is 0 Å². The van der Waals surface area contributed by atoms with Gasteiger partial charge in [-0.2, -0.15) is 0 Å². The van der Waals surface area contributed by atoms with E-state index in [4.69, 9.17) is 0 Å². The number of halogens is 2. The molecular weight excluding hydrogens is 254 g/mol. The Bertz CT molecular complexity index is 566. The fraction of sp³-hybridized carbons (Fsp3) is 0.308. The predicted octanol–water partition coefficient (Wildman–Crippen LogP) is 3.35. The number of thiazole rings is 1. The normalized spacial score (nSPS) is 12.7. The van der Waals surface area contributed by atoms with Crippen LogP contribution in [0.1, 0.15) is 27.1 Å². The Morgan fingerprint density at radius 1 is 1.28 bits per heavy atom. The molecule has 1 atom stereocenters. The van der Waals surface area contributed by atoms with Crippen molar-refractivity contribution in [2.75, 3.05) is 7.05 Å². The zero-order valence-corrected chi connectivity index (χ0v) is 11.2. The third kappa shape index (κ3) is 2.28. The van der Waals surface area contributed by atoms with Gasteiger partial charge in [-0.15, -0.1) is 11.3 Å². The third-order valence-electron chi connectivity index (χ3n) is 2.82. The minimum absolute atomic E-state index is 0.0566. The summed E-state index contributed by atoms with van der Waals surface area (Å²) in [7, 11) is 1.68. The van der Waals surface area contributed by atoms with Crippen molar-refractivity contribution in [1.29, 1.82) is 0 Å². The molecule has 0 amide bonds. The van der Waals surface area contributed by atoms with Gasteiger partial charge in [0.25, 0.3) is 0 Å². The molecule has 96 valence electrons. The summed E-state index contributed by atoms with van der Waals surface area (Å²) in [6.45, 7) is 3.49. The van der Waals surface area contributed by atoms with Crippen molar-refractivity contribution in [3.63, 3.8) is 0 Å². The molecule has 2 aromatic rings. The molecule has 0 saturated heterocycles. The molecule has 0 spiro atoms. The maximum Gasteiger partial charge on any atom is 0.134 e. The quantitative estimate of drug-likeness (QED) is 0.923. The molecule has 2 rings (SSSR count). The van der Waals surface area contributed by atoms with Gasteiger partial charge in [0.1, 0.15) is 11.6 Å². The number of hydrogen-bond donors (Lipinski definition) is 1. The molecule has 1 heterocycles. The maximum atomic E-state index is 14.1. The van der Waals surface area contributed by atoms with Crippen LogP contribution in [-0.4, -0.2) is 12.0 Å². The molecule has 0 saturated carbocycles. The lowest BCUT2D eigenvalue weighted by Gasteiger charge is -2.17. The molecule has 1 aromatic heterocycles. The number of benzene rings is 1. The minimum Gasteiger partial charge on any atom is -0.308 e. The van der Waals surface area contributed by atoms with Gasteiger partial charge >= 0.3 is 0 Å². The first-order chi connectivity index (χ1) is 8.54. The van der Waals surface area contributed by atoms with E-state index >= 15 is 0 Å². The van der Waals surface area contributed by atoms with E-state index in [2.05, 4.69) is 10.3 Å². The molecule has 0 aliphatic carbocycles. The van der Waals surface area contributed by atoms with Gasteiger partial charge in [-0.05, 0) is 32.5 Å². The summed E-state index contributed by atoms with van der Waals surface area (Å²) in [4.78, 5) is 4.93. The number of nitrogens with zero attached hydrogens (tertiary/aromatic N) is 1. The lowest BCUT2D eigenvalue weighted by atomic mass is 10.0. The second kappa shape index (κ2) is 5.12. The average molecular weight is 268 g/mol. The van der Waals surface area contributed by atoms with Crippen LogP contribution in [0.4, 0.5) is 8.78 Å². The molecule has 0 radical (unpaired) electrons. The van der Waals surface area contributed by atoms with E-state index < -0.39 is 17.7 Å². The maximum absolute atomic E-state index is 14.1. The average Bonchev–Trinajstić information content (AvgIpc) is 2.76. The molecule has 0 bridgehead atoms. The molecule has 2 nitrogen and oxygen atoms in total. The second-order valence-electron chi connectivity index (χ2n) is 4.10. The standard InChI is InChI=1S/C13H14F2N2S/c1-7-4-5-9(14)11(12(7)15)13(16-3)10-6-17-8(2)18-10/h4-6,13,16H,1-3H3. The SMILES string of the molecule is CNC(c1cnc(C)s1)c1c(F)ccc(C)c1F. The van der Waals surface area contributed by atoms with Crippen molar-refractivity contribution >= 4 is 11.3 Å². The first kappa shape index (κ1) is 13.1. The van der Waals surface area contributed by atoms with E-state index in [-0.39, 0.29) is 5.56 Å². The van der Waals surface area contributed by atoms with Crippen molar-refractivity contribution in [2.24, 2.45) is 0 Å². The van der Waals surface area contributed by atoms with Crippen LogP contribution >= 0.6 is 11.3 Å². The van der Waals surface area contributed by atoms with E-state index in [1.807, 2.05) is 6.92 Å². The molecule has 1 unspecified atom stereocenters. The number of nitrogens with one attached hydrogen (secondary N) is 1. The fourth-order valence-corrected chi connectivity index (χ4v) is 2.79. The van der Waals surface area contributed by atoms with Crippen LogP contribution in [0, 0.1) is 25.5 Å². The highest BCUT2D eigenvalue weighted by Gasteiger charge is 2.23. The highest BCUT2D eigenvalue weighted by molar-refractivity contribution is 7.11. The van der Waals surface area contributed by atoms with Gasteiger partial charge in [0.15, 0.2) is 0 Å². The van der Waals surface area contributed by atoms with Crippen molar-refractivity contribution < 1.29 is 8.78 Å². The number of hydrogen-bond acceptors (Lipinski definition) is 3. The van der Waals surface area contributed by atoms with Gasteiger partial charge in [-0.1, -0.05) is 6.07 Å². The zero-order chi connectivity index (χ0) is 13.3. The first-order valence-corrected chi connectivity index (χ1v) is 6.40. The third-order valence-corrected chi connectivity index (χ3v) is 3.80. The van der Waals surface area contributed by atoms with Gasteiger partial charge in [0.05, 0.1) is 11.0 Å². The van der Waals surface area contributed by atoms with E-state index in [0.717, 1.165) is 9.88 Å². The Morgan fingerprint density at radius 3 is 2.56 bits per heavy atom. The minimum atomic E-state index is -0.538. The Balaban J connectivity index is 2.55. The zero-order valence-electron chi connectivity index (χ0n) is 10.4. The topological polar surface area (TPSA) is 24.9 Å². The lowest BCUT2D eigenvalue weighted by molar-refractivity contribution is 0.520. The fourth-order valence-electron chi connectivity index (χ4n) is 1.88. The van der Waals surface area contributed by atoms with Gasteiger partial charge < -0.3 is 5.32 Å². The molecule has 0 aliphatic rings. The number of rotatable bonds is 3. The van der Waals surface area contributed by atoms with Crippen LogP contribution in [0.3, 0.4) is 0 Å². The monoisotopic (exact) mass is 268 g/mol. The molecule has 1 N–H and O–H groups in total. The van der Waals surface area contributed by atoms with E-state index in [0.29, 0.717) is 5.56 Å². The van der Waals surface area contributed by atoms with Crippen LogP contribution in [0.15, 0.2) is 18.3 Å². The molecular formula is C13H14F2N2S. The molecule has 0 aliphatic heterocycles. The Kier molecular flexibility index (Phi) is 3.73. The summed E-state index contributed by atoms with van der Waals surface area (Å²) in [5.41, 5.74) is 0.494. The first-order valence-electron chi connectivity index (χ1n) is 5.58. The summed E-state index contributed by atoms with van der Waals surface area (Å²) >= 11 is 1.43. The highest BCUT2D eigenvalue weighted by Crippen LogP contribution is 2.31. The van der Waals surface area contributed by atoms with Gasteiger partial charge in [0, 0.05) is 16.6 Å². The Hall–Kier alpha value is -1.33.